The molecule has 31 heavy (non-hydrogen) atoms. The third kappa shape index (κ3) is 5.54. The number of thioether (sulfide) groups is 1. The zero-order valence-corrected chi connectivity index (χ0v) is 17.9. The summed E-state index contributed by atoms with van der Waals surface area (Å²) >= 11 is 7.03. The van der Waals surface area contributed by atoms with E-state index in [1.54, 1.807) is 30.3 Å². The average molecular weight is 465 g/mol. The second kappa shape index (κ2) is 9.65. The van der Waals surface area contributed by atoms with Crippen LogP contribution in [0.2, 0.25) is 5.02 Å². The molecule has 0 radical (unpaired) electrons. The van der Waals surface area contributed by atoms with Gasteiger partial charge in [-0.2, -0.15) is 0 Å². The lowest BCUT2D eigenvalue weighted by atomic mass is 10.1. The van der Waals surface area contributed by atoms with Crippen LogP contribution in [0, 0.1) is 17.6 Å². The molecule has 1 N–H and O–H groups in total. The van der Waals surface area contributed by atoms with Crippen LogP contribution in [0.5, 0.6) is 0 Å². The molecule has 4 rings (SSSR count). The summed E-state index contributed by atoms with van der Waals surface area (Å²) in [5, 5.41) is 11.8. The van der Waals surface area contributed by atoms with Gasteiger partial charge < -0.3 is 14.6 Å². The van der Waals surface area contributed by atoms with Gasteiger partial charge in [0.25, 0.3) is 5.22 Å². The normalized spacial score (nSPS) is 16.0. The Morgan fingerprint density at radius 3 is 2.77 bits per heavy atom. The molecule has 3 aromatic rings. The molecule has 6 nitrogen and oxygen atoms in total. The maximum Gasteiger partial charge on any atom is 0.277 e. The summed E-state index contributed by atoms with van der Waals surface area (Å²) in [7, 11) is 0. The summed E-state index contributed by atoms with van der Waals surface area (Å²) in [6.45, 7) is 1.92. The number of anilines is 1. The van der Waals surface area contributed by atoms with Crippen LogP contribution in [0.1, 0.15) is 6.42 Å². The number of aromatic nitrogens is 2. The third-order valence-corrected chi connectivity index (χ3v) is 6.04. The van der Waals surface area contributed by atoms with E-state index in [1.165, 1.54) is 6.07 Å². The zero-order valence-electron chi connectivity index (χ0n) is 16.4. The van der Waals surface area contributed by atoms with Crippen LogP contribution in [0.15, 0.2) is 52.1 Å². The smallest absolute Gasteiger partial charge is 0.277 e. The first-order chi connectivity index (χ1) is 15.0. The summed E-state index contributed by atoms with van der Waals surface area (Å²) in [6, 6.07) is 10.9. The average Bonchev–Trinajstić information content (AvgIpc) is 3.43. The van der Waals surface area contributed by atoms with Crippen molar-refractivity contribution in [2.45, 2.75) is 11.6 Å². The molecule has 1 aliphatic heterocycles. The van der Waals surface area contributed by atoms with Gasteiger partial charge in [0.1, 0.15) is 0 Å². The number of rotatable bonds is 7. The van der Waals surface area contributed by atoms with Crippen molar-refractivity contribution in [3.63, 3.8) is 0 Å². The summed E-state index contributed by atoms with van der Waals surface area (Å²) in [5.41, 5.74) is 1.40. The standard InChI is InChI=1S/C21H19ClF2N4O2S/c22-15-3-1-14(2-4-15)20-26-27-21(30-20)31-12-19(29)25-10-13-7-8-28(11-13)16-5-6-17(23)18(24)9-16/h1-6,9,13H,7-8,10-12H2,(H,25,29). The van der Waals surface area contributed by atoms with E-state index in [4.69, 9.17) is 16.0 Å². The molecule has 0 spiro atoms. The summed E-state index contributed by atoms with van der Waals surface area (Å²) < 4.78 is 32.1. The number of carbonyl (C=O) groups is 1. The molecule has 2 aromatic carbocycles. The molecule has 1 amide bonds. The molecule has 162 valence electrons. The first kappa shape index (κ1) is 21.6. The molecule has 2 heterocycles. The van der Waals surface area contributed by atoms with Gasteiger partial charge in [0.2, 0.25) is 11.8 Å². The predicted octanol–water partition coefficient (Wildman–Crippen LogP) is 4.40. The van der Waals surface area contributed by atoms with Crippen LogP contribution < -0.4 is 10.2 Å². The van der Waals surface area contributed by atoms with Crippen molar-refractivity contribution >= 4 is 35.0 Å². The van der Waals surface area contributed by atoms with E-state index in [9.17, 15) is 13.6 Å². The van der Waals surface area contributed by atoms with Gasteiger partial charge in [-0.25, -0.2) is 8.78 Å². The Hall–Kier alpha value is -2.65. The Balaban J connectivity index is 1.21. The fourth-order valence-corrected chi connectivity index (χ4v) is 4.05. The van der Waals surface area contributed by atoms with Gasteiger partial charge in [0, 0.05) is 42.0 Å². The second-order valence-corrected chi connectivity index (χ2v) is 8.53. The number of amides is 1. The van der Waals surface area contributed by atoms with Crippen LogP contribution in [-0.4, -0.2) is 41.5 Å². The Morgan fingerprint density at radius 1 is 1.19 bits per heavy atom. The molecule has 0 aliphatic carbocycles. The maximum atomic E-state index is 13.4. The maximum absolute atomic E-state index is 13.4. The van der Waals surface area contributed by atoms with Crippen LogP contribution >= 0.6 is 23.4 Å². The van der Waals surface area contributed by atoms with Crippen molar-refractivity contribution in [1.29, 1.82) is 0 Å². The highest BCUT2D eigenvalue weighted by Gasteiger charge is 2.24. The second-order valence-electron chi connectivity index (χ2n) is 7.17. The largest absolute Gasteiger partial charge is 0.411 e. The quantitative estimate of drug-likeness (QED) is 0.522. The van der Waals surface area contributed by atoms with Gasteiger partial charge in [-0.3, -0.25) is 4.79 Å². The van der Waals surface area contributed by atoms with Crippen LogP contribution in [-0.2, 0) is 4.79 Å². The first-order valence-electron chi connectivity index (χ1n) is 9.67. The van der Waals surface area contributed by atoms with Gasteiger partial charge in [-0.15, -0.1) is 10.2 Å². The molecule has 0 saturated carbocycles. The molecular formula is C21H19ClF2N4O2S. The number of carbonyl (C=O) groups excluding carboxylic acids is 1. The Kier molecular flexibility index (Phi) is 6.72. The topological polar surface area (TPSA) is 71.3 Å². The van der Waals surface area contributed by atoms with Crippen LogP contribution in [0.3, 0.4) is 0 Å². The highest BCUT2D eigenvalue weighted by atomic mass is 35.5. The van der Waals surface area contributed by atoms with E-state index >= 15 is 0 Å². The zero-order chi connectivity index (χ0) is 21.8. The van der Waals surface area contributed by atoms with E-state index < -0.39 is 11.6 Å². The van der Waals surface area contributed by atoms with Crippen LogP contribution in [0.25, 0.3) is 11.5 Å². The Labute approximate surface area is 187 Å². The predicted molar refractivity (Wildman–Crippen MR) is 115 cm³/mol. The molecule has 1 unspecified atom stereocenters. The van der Waals surface area contributed by atoms with Gasteiger partial charge in [-0.1, -0.05) is 23.4 Å². The highest BCUT2D eigenvalue weighted by molar-refractivity contribution is 7.99. The Bertz CT molecular complexity index is 1060. The molecule has 1 atom stereocenters. The van der Waals surface area contributed by atoms with Crippen molar-refractivity contribution in [2.75, 3.05) is 30.3 Å². The minimum Gasteiger partial charge on any atom is -0.411 e. The Morgan fingerprint density at radius 2 is 2.00 bits per heavy atom. The molecule has 1 aromatic heterocycles. The first-order valence-corrected chi connectivity index (χ1v) is 11.0. The lowest BCUT2D eigenvalue weighted by molar-refractivity contribution is -0.118. The van der Waals surface area contributed by atoms with Gasteiger partial charge >= 0.3 is 0 Å². The lowest BCUT2D eigenvalue weighted by Crippen LogP contribution is -2.32. The van der Waals surface area contributed by atoms with Crippen molar-refractivity contribution in [1.82, 2.24) is 15.5 Å². The highest BCUT2D eigenvalue weighted by Crippen LogP contribution is 2.26. The van der Waals surface area contributed by atoms with E-state index in [0.29, 0.717) is 34.9 Å². The monoisotopic (exact) mass is 464 g/mol. The number of benzene rings is 2. The van der Waals surface area contributed by atoms with E-state index in [0.717, 1.165) is 36.4 Å². The van der Waals surface area contributed by atoms with Gasteiger partial charge in [0.05, 0.1) is 5.75 Å². The van der Waals surface area contributed by atoms with Gasteiger partial charge in [-0.05, 0) is 48.7 Å². The van der Waals surface area contributed by atoms with E-state index in [2.05, 4.69) is 15.5 Å². The van der Waals surface area contributed by atoms with Crippen LogP contribution in [0.4, 0.5) is 14.5 Å². The van der Waals surface area contributed by atoms with Crippen molar-refractivity contribution in [2.24, 2.45) is 5.92 Å². The molecule has 1 saturated heterocycles. The number of nitrogens with one attached hydrogen (secondary N) is 1. The van der Waals surface area contributed by atoms with E-state index in [1.807, 2.05) is 4.90 Å². The minimum absolute atomic E-state index is 0.137. The molecule has 1 fully saturated rings. The fourth-order valence-electron chi connectivity index (χ4n) is 3.33. The molecule has 10 heteroatoms. The summed E-state index contributed by atoms with van der Waals surface area (Å²) in [6.07, 6.45) is 0.862. The van der Waals surface area contributed by atoms with Gasteiger partial charge in [0.15, 0.2) is 11.6 Å². The molecular weight excluding hydrogens is 446 g/mol. The number of nitrogens with zero attached hydrogens (tertiary/aromatic N) is 3. The summed E-state index contributed by atoms with van der Waals surface area (Å²) in [5.74, 6) is -1.09. The molecule has 0 bridgehead atoms. The lowest BCUT2D eigenvalue weighted by Gasteiger charge is -2.19. The SMILES string of the molecule is O=C(CSc1nnc(-c2ccc(Cl)cc2)o1)NCC1CCN(c2ccc(F)c(F)c2)C1. The number of halogens is 3. The summed E-state index contributed by atoms with van der Waals surface area (Å²) in [4.78, 5) is 14.2. The minimum atomic E-state index is -0.856. The van der Waals surface area contributed by atoms with Crippen molar-refractivity contribution < 1.29 is 18.0 Å². The molecule has 1 aliphatic rings. The van der Waals surface area contributed by atoms with Crippen molar-refractivity contribution in [3.05, 3.63) is 59.1 Å². The van der Waals surface area contributed by atoms with Crippen molar-refractivity contribution in [3.8, 4) is 11.5 Å². The van der Waals surface area contributed by atoms with E-state index in [-0.39, 0.29) is 17.6 Å². The fraction of sp³-hybridized carbons (Fsp3) is 0.286. The number of hydrogen-bond acceptors (Lipinski definition) is 6. The number of hydrogen-bond donors (Lipinski definition) is 1. The third-order valence-electron chi connectivity index (χ3n) is 4.97.